The topological polar surface area (TPSA) is 57.6 Å². The van der Waals surface area contributed by atoms with Gasteiger partial charge >= 0.3 is 0 Å². The van der Waals surface area contributed by atoms with Crippen LogP contribution < -0.4 is 0 Å². The molecular formula is C11H15NO3S. The van der Waals surface area contributed by atoms with Crippen molar-refractivity contribution in [3.05, 3.63) is 29.8 Å². The van der Waals surface area contributed by atoms with E-state index in [1.165, 1.54) is 4.31 Å². The first-order valence-corrected chi connectivity index (χ1v) is 6.82. The average molecular weight is 241 g/mol. The Hall–Kier alpha value is -0.910. The lowest BCUT2D eigenvalue weighted by Gasteiger charge is -2.18. The first kappa shape index (κ1) is 11.6. The van der Waals surface area contributed by atoms with Gasteiger partial charge in [-0.15, -0.1) is 0 Å². The highest BCUT2D eigenvalue weighted by atomic mass is 32.2. The fourth-order valence-corrected chi connectivity index (χ4v) is 3.62. The lowest BCUT2D eigenvalue weighted by molar-refractivity contribution is 0.0686. The van der Waals surface area contributed by atoms with Crippen LogP contribution in [0.4, 0.5) is 0 Å². The summed E-state index contributed by atoms with van der Waals surface area (Å²) in [7, 11) is -3.48. The van der Waals surface area contributed by atoms with Gasteiger partial charge in [-0.05, 0) is 12.5 Å². The first-order chi connectivity index (χ1) is 7.59. The SMILES string of the molecule is CCCCN1C(O)c2ccccc2S1(=O)=O. The Morgan fingerprint density at radius 2 is 2.06 bits per heavy atom. The Kier molecular flexibility index (Phi) is 3.01. The van der Waals surface area contributed by atoms with E-state index >= 15 is 0 Å². The largest absolute Gasteiger partial charge is 0.373 e. The quantitative estimate of drug-likeness (QED) is 0.872. The van der Waals surface area contributed by atoms with Crippen molar-refractivity contribution in [1.29, 1.82) is 0 Å². The Bertz CT molecular complexity index is 484. The number of aliphatic hydroxyl groups is 1. The van der Waals surface area contributed by atoms with Crippen LogP contribution in [-0.2, 0) is 10.0 Å². The molecule has 1 aliphatic rings. The van der Waals surface area contributed by atoms with Gasteiger partial charge in [0.2, 0.25) is 10.0 Å². The number of benzene rings is 1. The summed E-state index contributed by atoms with van der Waals surface area (Å²) in [5.74, 6) is 0. The second kappa shape index (κ2) is 4.16. The van der Waals surface area contributed by atoms with E-state index in [4.69, 9.17) is 0 Å². The van der Waals surface area contributed by atoms with Crippen LogP contribution in [0.2, 0.25) is 0 Å². The Morgan fingerprint density at radius 1 is 1.38 bits per heavy atom. The van der Waals surface area contributed by atoms with Crippen molar-refractivity contribution in [3.8, 4) is 0 Å². The van der Waals surface area contributed by atoms with Crippen LogP contribution in [0, 0.1) is 0 Å². The molecule has 1 aromatic rings. The van der Waals surface area contributed by atoms with Crippen molar-refractivity contribution in [2.24, 2.45) is 0 Å². The van der Waals surface area contributed by atoms with Crippen molar-refractivity contribution in [3.63, 3.8) is 0 Å². The molecule has 2 rings (SSSR count). The summed E-state index contributed by atoms with van der Waals surface area (Å²) in [6.07, 6.45) is 0.632. The van der Waals surface area contributed by atoms with Gasteiger partial charge in [-0.1, -0.05) is 31.5 Å². The minimum absolute atomic E-state index is 0.235. The summed E-state index contributed by atoms with van der Waals surface area (Å²) >= 11 is 0. The monoisotopic (exact) mass is 241 g/mol. The third kappa shape index (κ3) is 1.65. The minimum Gasteiger partial charge on any atom is -0.373 e. The zero-order valence-electron chi connectivity index (χ0n) is 9.13. The molecule has 1 aliphatic heterocycles. The molecule has 0 amide bonds. The summed E-state index contributed by atoms with van der Waals surface area (Å²) in [6, 6.07) is 6.61. The maximum Gasteiger partial charge on any atom is 0.245 e. The number of fused-ring (bicyclic) bond motifs is 1. The molecular weight excluding hydrogens is 226 g/mol. The van der Waals surface area contributed by atoms with Crippen LogP contribution in [0.25, 0.3) is 0 Å². The predicted molar refractivity (Wildman–Crippen MR) is 60.2 cm³/mol. The average Bonchev–Trinajstić information content (AvgIpc) is 2.46. The van der Waals surface area contributed by atoms with Crippen molar-refractivity contribution in [2.75, 3.05) is 6.54 Å². The van der Waals surface area contributed by atoms with E-state index in [0.717, 1.165) is 12.8 Å². The van der Waals surface area contributed by atoms with Crippen molar-refractivity contribution in [1.82, 2.24) is 4.31 Å². The lowest BCUT2D eigenvalue weighted by atomic mass is 10.2. The van der Waals surface area contributed by atoms with Crippen LogP contribution in [0.15, 0.2) is 29.2 Å². The molecule has 1 aromatic carbocycles. The summed E-state index contributed by atoms with van der Waals surface area (Å²) < 4.78 is 25.3. The van der Waals surface area contributed by atoms with Crippen LogP contribution in [0.5, 0.6) is 0 Å². The highest BCUT2D eigenvalue weighted by Crippen LogP contribution is 2.37. The maximum atomic E-state index is 12.1. The Balaban J connectivity index is 2.41. The summed E-state index contributed by atoms with van der Waals surface area (Å²) in [6.45, 7) is 2.36. The number of unbranched alkanes of at least 4 members (excludes halogenated alkanes) is 1. The third-order valence-corrected chi connectivity index (χ3v) is 4.72. The molecule has 0 aliphatic carbocycles. The fraction of sp³-hybridized carbons (Fsp3) is 0.455. The zero-order chi connectivity index (χ0) is 11.8. The molecule has 0 saturated carbocycles. The molecule has 0 fully saturated rings. The Labute approximate surface area is 95.6 Å². The van der Waals surface area contributed by atoms with Gasteiger partial charge in [0.15, 0.2) is 0 Å². The molecule has 0 aromatic heterocycles. The molecule has 0 bridgehead atoms. The van der Waals surface area contributed by atoms with Crippen LogP contribution >= 0.6 is 0 Å². The molecule has 0 saturated heterocycles. The highest BCUT2D eigenvalue weighted by molar-refractivity contribution is 7.89. The molecule has 1 atom stereocenters. The number of hydrogen-bond donors (Lipinski definition) is 1. The third-order valence-electron chi connectivity index (χ3n) is 2.79. The second-order valence-electron chi connectivity index (χ2n) is 3.88. The van der Waals surface area contributed by atoms with Crippen LogP contribution in [-0.4, -0.2) is 24.4 Å². The van der Waals surface area contributed by atoms with Gasteiger partial charge in [0.25, 0.3) is 0 Å². The van der Waals surface area contributed by atoms with Gasteiger partial charge < -0.3 is 5.11 Å². The molecule has 0 radical (unpaired) electrons. The molecule has 1 N–H and O–H groups in total. The van der Waals surface area contributed by atoms with E-state index in [1.54, 1.807) is 24.3 Å². The summed E-state index contributed by atoms with van der Waals surface area (Å²) in [5, 5.41) is 9.95. The van der Waals surface area contributed by atoms with Crippen molar-refractivity contribution in [2.45, 2.75) is 30.9 Å². The van der Waals surface area contributed by atoms with Crippen LogP contribution in [0.3, 0.4) is 0 Å². The van der Waals surface area contributed by atoms with Crippen molar-refractivity contribution < 1.29 is 13.5 Å². The molecule has 4 nitrogen and oxygen atoms in total. The van der Waals surface area contributed by atoms with Gasteiger partial charge in [-0.3, -0.25) is 0 Å². The fourth-order valence-electron chi connectivity index (χ4n) is 1.90. The summed E-state index contributed by atoms with van der Waals surface area (Å²) in [5.41, 5.74) is 0.485. The number of rotatable bonds is 3. The van der Waals surface area contributed by atoms with Gasteiger partial charge in [-0.2, -0.15) is 4.31 Å². The minimum atomic E-state index is -3.48. The predicted octanol–water partition coefficient (Wildman–Crippen LogP) is 1.48. The molecule has 5 heteroatoms. The maximum absolute atomic E-state index is 12.1. The molecule has 0 spiro atoms. The molecule has 1 unspecified atom stereocenters. The Morgan fingerprint density at radius 3 is 2.69 bits per heavy atom. The van der Waals surface area contributed by atoms with Crippen LogP contribution in [0.1, 0.15) is 31.6 Å². The molecule has 1 heterocycles. The zero-order valence-corrected chi connectivity index (χ0v) is 9.94. The molecule has 88 valence electrons. The van der Waals surface area contributed by atoms with E-state index in [9.17, 15) is 13.5 Å². The number of hydrogen-bond acceptors (Lipinski definition) is 3. The van der Waals surface area contributed by atoms with E-state index in [0.29, 0.717) is 12.1 Å². The van der Waals surface area contributed by atoms with Crippen molar-refractivity contribution >= 4 is 10.0 Å². The second-order valence-corrected chi connectivity index (χ2v) is 5.74. The standard InChI is InChI=1S/C11H15NO3S/c1-2-3-8-12-11(13)9-6-4-5-7-10(9)16(12,14)15/h4-7,11,13H,2-3,8H2,1H3. The van der Waals surface area contributed by atoms with Gasteiger partial charge in [0.05, 0.1) is 4.90 Å². The highest BCUT2D eigenvalue weighted by Gasteiger charge is 2.40. The van der Waals surface area contributed by atoms with Gasteiger partial charge in [0.1, 0.15) is 6.23 Å². The molecule has 16 heavy (non-hydrogen) atoms. The van der Waals surface area contributed by atoms with Gasteiger partial charge in [-0.25, -0.2) is 8.42 Å². The smallest absolute Gasteiger partial charge is 0.245 e. The number of aliphatic hydroxyl groups excluding tert-OH is 1. The number of sulfonamides is 1. The van der Waals surface area contributed by atoms with E-state index < -0.39 is 16.3 Å². The number of nitrogens with zero attached hydrogens (tertiary/aromatic N) is 1. The van der Waals surface area contributed by atoms with E-state index in [-0.39, 0.29) is 4.90 Å². The first-order valence-electron chi connectivity index (χ1n) is 5.38. The normalized spacial score (nSPS) is 23.2. The summed E-state index contributed by atoms with van der Waals surface area (Å²) in [4.78, 5) is 0.235. The van der Waals surface area contributed by atoms with E-state index in [2.05, 4.69) is 0 Å². The van der Waals surface area contributed by atoms with Gasteiger partial charge in [0, 0.05) is 12.1 Å². The van der Waals surface area contributed by atoms with E-state index in [1.807, 2.05) is 6.92 Å². The lowest BCUT2D eigenvalue weighted by Crippen LogP contribution is -2.29.